The number of nitrogens with one attached hydrogen (secondary N) is 2. The van der Waals surface area contributed by atoms with E-state index in [0.717, 1.165) is 38.1 Å². The molecule has 0 spiro atoms. The Bertz CT molecular complexity index is 1340. The summed E-state index contributed by atoms with van der Waals surface area (Å²) in [5, 5.41) is 17.0. The third-order valence-corrected chi connectivity index (χ3v) is 6.28. The summed E-state index contributed by atoms with van der Waals surface area (Å²) in [7, 11) is 0. The third kappa shape index (κ3) is 4.67. The van der Waals surface area contributed by atoms with Gasteiger partial charge in [0.15, 0.2) is 17.3 Å². The third-order valence-electron chi connectivity index (χ3n) is 5.95. The van der Waals surface area contributed by atoms with Gasteiger partial charge in [0.25, 0.3) is 0 Å². The Labute approximate surface area is 199 Å². The van der Waals surface area contributed by atoms with Crippen molar-refractivity contribution in [3.05, 3.63) is 64.8 Å². The van der Waals surface area contributed by atoms with E-state index in [1.807, 2.05) is 4.57 Å². The van der Waals surface area contributed by atoms with Crippen molar-refractivity contribution in [2.45, 2.75) is 25.9 Å². The number of aromatic hydroxyl groups is 1. The van der Waals surface area contributed by atoms with Gasteiger partial charge >= 0.3 is 0 Å². The van der Waals surface area contributed by atoms with E-state index < -0.39 is 11.6 Å². The lowest BCUT2D eigenvalue weighted by molar-refractivity contribution is 0.341. The molecule has 0 bridgehead atoms. The minimum atomic E-state index is -0.900. The molecular formula is C24H23ClF2N6O. The van der Waals surface area contributed by atoms with Gasteiger partial charge in [-0.2, -0.15) is 4.98 Å². The molecule has 7 nitrogen and oxygen atoms in total. The van der Waals surface area contributed by atoms with Crippen molar-refractivity contribution >= 4 is 28.7 Å². The normalized spacial score (nSPS) is 16.1. The lowest BCUT2D eigenvalue weighted by atomic mass is 9.99. The second kappa shape index (κ2) is 9.52. The molecule has 1 fully saturated rings. The summed E-state index contributed by atoms with van der Waals surface area (Å²) in [6.07, 6.45) is 3.79. The minimum Gasteiger partial charge on any atom is -0.508 e. The zero-order valence-electron chi connectivity index (χ0n) is 18.2. The van der Waals surface area contributed by atoms with Crippen LogP contribution < -0.4 is 10.6 Å². The molecule has 3 N–H and O–H groups in total. The summed E-state index contributed by atoms with van der Waals surface area (Å²) in [5.41, 5.74) is 2.40. The maximum atomic E-state index is 13.5. The number of phenols is 1. The lowest BCUT2D eigenvalue weighted by Gasteiger charge is -2.24. The Balaban J connectivity index is 1.51. The molecule has 1 saturated heterocycles. The number of halogens is 3. The average molecular weight is 485 g/mol. The number of hydrogen-bond acceptors (Lipinski definition) is 6. The van der Waals surface area contributed by atoms with Gasteiger partial charge in [0.2, 0.25) is 5.95 Å². The van der Waals surface area contributed by atoms with E-state index in [4.69, 9.17) is 16.6 Å². The Morgan fingerprint density at radius 2 is 2.03 bits per heavy atom. The number of phenolic OH excluding ortho intramolecular Hbond substituents is 1. The predicted molar refractivity (Wildman–Crippen MR) is 127 cm³/mol. The highest BCUT2D eigenvalue weighted by molar-refractivity contribution is 6.33. The smallest absolute Gasteiger partial charge is 0.225 e. The van der Waals surface area contributed by atoms with E-state index in [9.17, 15) is 13.9 Å². The van der Waals surface area contributed by atoms with Gasteiger partial charge in [-0.3, -0.25) is 0 Å². The first-order valence-corrected chi connectivity index (χ1v) is 11.5. The average Bonchev–Trinajstić information content (AvgIpc) is 3.19. The first-order chi connectivity index (χ1) is 16.5. The van der Waals surface area contributed by atoms with Crippen LogP contribution in [0.3, 0.4) is 0 Å². The highest BCUT2D eigenvalue weighted by Crippen LogP contribution is 2.33. The van der Waals surface area contributed by atoms with Crippen molar-refractivity contribution in [1.29, 1.82) is 0 Å². The van der Waals surface area contributed by atoms with E-state index in [2.05, 4.69) is 20.6 Å². The molecule has 176 valence electrons. The quantitative estimate of drug-likeness (QED) is 0.366. The Morgan fingerprint density at radius 3 is 2.82 bits per heavy atom. The largest absolute Gasteiger partial charge is 0.508 e. The maximum Gasteiger partial charge on any atom is 0.225 e. The first kappa shape index (κ1) is 22.5. The van der Waals surface area contributed by atoms with E-state index in [1.54, 1.807) is 18.3 Å². The molecule has 5 rings (SSSR count). The van der Waals surface area contributed by atoms with Crippen LogP contribution in [0.1, 0.15) is 18.4 Å². The Morgan fingerprint density at radius 1 is 1.15 bits per heavy atom. The molecular weight excluding hydrogens is 462 g/mol. The van der Waals surface area contributed by atoms with Crippen LogP contribution in [0.4, 0.5) is 14.7 Å². The van der Waals surface area contributed by atoms with Gasteiger partial charge in [0.1, 0.15) is 17.1 Å². The summed E-state index contributed by atoms with van der Waals surface area (Å²) < 4.78 is 28.8. The topological polar surface area (TPSA) is 87.9 Å². The monoisotopic (exact) mass is 484 g/mol. The molecule has 2 aromatic heterocycles. The van der Waals surface area contributed by atoms with Crippen LogP contribution in [0.2, 0.25) is 5.02 Å². The summed E-state index contributed by atoms with van der Waals surface area (Å²) >= 11 is 6.46. The number of anilines is 1. The molecule has 0 saturated carbocycles. The molecule has 0 radical (unpaired) electrons. The zero-order chi connectivity index (χ0) is 23.7. The molecule has 1 aliphatic heterocycles. The van der Waals surface area contributed by atoms with Crippen molar-refractivity contribution in [3.8, 4) is 17.1 Å². The van der Waals surface area contributed by atoms with Crippen molar-refractivity contribution in [2.24, 2.45) is 5.92 Å². The Kier molecular flexibility index (Phi) is 6.30. The summed E-state index contributed by atoms with van der Waals surface area (Å²) in [6, 6.07) is 8.50. The number of rotatable bonds is 6. The van der Waals surface area contributed by atoms with E-state index in [0.29, 0.717) is 51.5 Å². The van der Waals surface area contributed by atoms with Gasteiger partial charge in [-0.25, -0.2) is 18.7 Å². The Hall–Kier alpha value is -3.30. The van der Waals surface area contributed by atoms with Crippen LogP contribution in [0, 0.1) is 17.6 Å². The molecule has 0 unspecified atom stereocenters. The van der Waals surface area contributed by atoms with Crippen LogP contribution in [-0.4, -0.2) is 37.7 Å². The van der Waals surface area contributed by atoms with Gasteiger partial charge in [-0.15, -0.1) is 0 Å². The molecule has 10 heteroatoms. The van der Waals surface area contributed by atoms with E-state index in [1.165, 1.54) is 12.1 Å². The molecule has 2 aromatic carbocycles. The van der Waals surface area contributed by atoms with Gasteiger partial charge < -0.3 is 20.3 Å². The number of fused-ring (bicyclic) bond motifs is 1. The fourth-order valence-corrected chi connectivity index (χ4v) is 4.44. The summed E-state index contributed by atoms with van der Waals surface area (Å²) in [6.45, 7) is 2.80. The molecule has 0 aliphatic carbocycles. The minimum absolute atomic E-state index is 0.0947. The van der Waals surface area contributed by atoms with Crippen LogP contribution in [-0.2, 0) is 13.1 Å². The number of nitrogens with zero attached hydrogens (tertiary/aromatic N) is 4. The number of aromatic nitrogens is 4. The molecule has 3 heterocycles. The van der Waals surface area contributed by atoms with Crippen LogP contribution in [0.25, 0.3) is 22.6 Å². The van der Waals surface area contributed by atoms with Crippen molar-refractivity contribution in [3.63, 3.8) is 0 Å². The van der Waals surface area contributed by atoms with Crippen molar-refractivity contribution in [1.82, 2.24) is 24.8 Å². The second-order valence-electron chi connectivity index (χ2n) is 8.43. The van der Waals surface area contributed by atoms with Crippen molar-refractivity contribution < 1.29 is 13.9 Å². The molecule has 34 heavy (non-hydrogen) atoms. The van der Waals surface area contributed by atoms with Crippen LogP contribution in [0.15, 0.2) is 42.6 Å². The van der Waals surface area contributed by atoms with Gasteiger partial charge in [0.05, 0.1) is 11.2 Å². The fraction of sp³-hybridized carbons (Fsp3) is 0.292. The predicted octanol–water partition coefficient (Wildman–Crippen LogP) is 4.74. The highest BCUT2D eigenvalue weighted by Gasteiger charge is 2.22. The SMILES string of the molecule is Oc1ccc(Cl)c(-c2nc3cnc(NCc4ccc(F)c(F)c4)nc3n2C[C@@H]2CCCNC2)c1. The number of piperidine rings is 1. The molecule has 1 aliphatic rings. The van der Waals surface area contributed by atoms with E-state index in [-0.39, 0.29) is 12.3 Å². The number of imidazole rings is 1. The van der Waals surface area contributed by atoms with Gasteiger partial charge in [-0.1, -0.05) is 17.7 Å². The molecule has 4 aromatic rings. The fourth-order valence-electron chi connectivity index (χ4n) is 4.24. The van der Waals surface area contributed by atoms with E-state index >= 15 is 0 Å². The maximum absolute atomic E-state index is 13.5. The van der Waals surface area contributed by atoms with Crippen molar-refractivity contribution in [2.75, 3.05) is 18.4 Å². The van der Waals surface area contributed by atoms with Crippen LogP contribution in [0.5, 0.6) is 5.75 Å². The zero-order valence-corrected chi connectivity index (χ0v) is 19.0. The van der Waals surface area contributed by atoms with Gasteiger partial charge in [0, 0.05) is 18.7 Å². The lowest BCUT2D eigenvalue weighted by Crippen LogP contribution is -2.32. The molecule has 0 amide bonds. The second-order valence-corrected chi connectivity index (χ2v) is 8.83. The number of benzene rings is 2. The summed E-state index contributed by atoms with van der Waals surface area (Å²) in [4.78, 5) is 13.7. The van der Waals surface area contributed by atoms with Crippen LogP contribution >= 0.6 is 11.6 Å². The number of hydrogen-bond donors (Lipinski definition) is 3. The first-order valence-electron chi connectivity index (χ1n) is 11.1. The van der Waals surface area contributed by atoms with Gasteiger partial charge in [-0.05, 0) is 67.7 Å². The summed E-state index contributed by atoms with van der Waals surface area (Å²) in [5.74, 6) is -0.364. The molecule has 1 atom stereocenters. The standard InChI is InChI=1S/C24H23ClF2N6O/c25-18-5-4-16(34)9-17(18)22-31-21-12-30-24(29-11-14-3-6-19(26)20(27)8-14)32-23(21)33(22)13-15-2-1-7-28-10-15/h3-6,8-9,12,15,28,34H,1-2,7,10-11,13H2,(H,29,30,32)/t15-/m1/s1. The highest BCUT2D eigenvalue weighted by atomic mass is 35.5.